The quantitative estimate of drug-likeness (QED) is 0.738. The van der Waals surface area contributed by atoms with Crippen LogP contribution in [0.4, 0.5) is 5.82 Å². The summed E-state index contributed by atoms with van der Waals surface area (Å²) in [5.74, 6) is 1.44. The smallest absolute Gasteiger partial charge is 0.255 e. The van der Waals surface area contributed by atoms with Crippen LogP contribution in [0.2, 0.25) is 0 Å². The molecule has 1 saturated heterocycles. The van der Waals surface area contributed by atoms with Crippen LogP contribution in [0.25, 0.3) is 0 Å². The predicted octanol–water partition coefficient (Wildman–Crippen LogP) is 2.64. The van der Waals surface area contributed by atoms with Crippen LogP contribution in [0.15, 0.2) is 42.6 Å². The van der Waals surface area contributed by atoms with Gasteiger partial charge < -0.3 is 19.7 Å². The van der Waals surface area contributed by atoms with E-state index in [2.05, 4.69) is 15.2 Å². The Hall–Kier alpha value is -2.60. The molecule has 6 heteroatoms. The lowest BCUT2D eigenvalue weighted by Crippen LogP contribution is -2.28. The van der Waals surface area contributed by atoms with Gasteiger partial charge >= 0.3 is 0 Å². The van der Waals surface area contributed by atoms with Crippen molar-refractivity contribution < 1.29 is 14.3 Å². The van der Waals surface area contributed by atoms with Crippen molar-refractivity contribution in [1.82, 2.24) is 10.3 Å². The van der Waals surface area contributed by atoms with Crippen LogP contribution in [0.3, 0.4) is 0 Å². The molecular weight excluding hydrogens is 330 g/mol. The standard InChI is InChI=1S/C20H25N3O3/c1-25-12-13-26-17-7-4-6-16(14-17)15-22-20(24)18-8-5-9-21-19(18)23-10-2-3-11-23/h4-9,14H,2-3,10-13,15H2,1H3,(H,22,24). The Kier molecular flexibility index (Phi) is 6.44. The molecule has 1 aliphatic heterocycles. The van der Waals surface area contributed by atoms with Gasteiger partial charge in [0.2, 0.25) is 0 Å². The number of nitrogens with zero attached hydrogens (tertiary/aromatic N) is 2. The minimum absolute atomic E-state index is 0.106. The van der Waals surface area contributed by atoms with E-state index in [4.69, 9.17) is 9.47 Å². The molecule has 2 aromatic rings. The molecule has 0 aliphatic carbocycles. The number of carbonyl (C=O) groups is 1. The third-order valence-corrected chi connectivity index (χ3v) is 4.34. The Labute approximate surface area is 154 Å². The van der Waals surface area contributed by atoms with Gasteiger partial charge in [-0.3, -0.25) is 4.79 Å². The fourth-order valence-corrected chi connectivity index (χ4v) is 3.02. The molecule has 3 rings (SSSR count). The van der Waals surface area contributed by atoms with Crippen LogP contribution in [0, 0.1) is 0 Å². The first-order chi connectivity index (χ1) is 12.8. The minimum Gasteiger partial charge on any atom is -0.491 e. The molecule has 1 aromatic heterocycles. The fourth-order valence-electron chi connectivity index (χ4n) is 3.02. The van der Waals surface area contributed by atoms with Crippen LogP contribution < -0.4 is 15.0 Å². The molecular formula is C20H25N3O3. The summed E-state index contributed by atoms with van der Waals surface area (Å²) in [6.07, 6.45) is 4.03. The van der Waals surface area contributed by atoms with E-state index in [1.165, 1.54) is 0 Å². The van der Waals surface area contributed by atoms with Crippen LogP contribution >= 0.6 is 0 Å². The number of aromatic nitrogens is 1. The molecule has 0 unspecified atom stereocenters. The van der Waals surface area contributed by atoms with E-state index < -0.39 is 0 Å². The first-order valence-electron chi connectivity index (χ1n) is 8.97. The zero-order chi connectivity index (χ0) is 18.2. The predicted molar refractivity (Wildman–Crippen MR) is 101 cm³/mol. The van der Waals surface area contributed by atoms with Gasteiger partial charge in [0.15, 0.2) is 0 Å². The van der Waals surface area contributed by atoms with Gasteiger partial charge in [0.25, 0.3) is 5.91 Å². The maximum Gasteiger partial charge on any atom is 0.255 e. The molecule has 6 nitrogen and oxygen atoms in total. The fraction of sp³-hybridized carbons (Fsp3) is 0.400. The second kappa shape index (κ2) is 9.20. The Morgan fingerprint density at radius 1 is 1.19 bits per heavy atom. The highest BCUT2D eigenvalue weighted by Crippen LogP contribution is 2.22. The first-order valence-corrected chi connectivity index (χ1v) is 8.97. The largest absolute Gasteiger partial charge is 0.491 e. The molecule has 26 heavy (non-hydrogen) atoms. The highest BCUT2D eigenvalue weighted by Gasteiger charge is 2.20. The second-order valence-corrected chi connectivity index (χ2v) is 6.24. The van der Waals surface area contributed by atoms with Crippen molar-refractivity contribution in [3.8, 4) is 5.75 Å². The summed E-state index contributed by atoms with van der Waals surface area (Å²) in [6, 6.07) is 11.4. The maximum atomic E-state index is 12.7. The zero-order valence-corrected chi connectivity index (χ0v) is 15.1. The number of methoxy groups -OCH3 is 1. The van der Waals surface area contributed by atoms with Gasteiger partial charge in [0.05, 0.1) is 12.2 Å². The summed E-state index contributed by atoms with van der Waals surface area (Å²) in [5.41, 5.74) is 1.61. The average molecular weight is 355 g/mol. The van der Waals surface area contributed by atoms with E-state index in [1.54, 1.807) is 19.4 Å². The van der Waals surface area contributed by atoms with Crippen molar-refractivity contribution in [2.24, 2.45) is 0 Å². The SMILES string of the molecule is COCCOc1cccc(CNC(=O)c2cccnc2N2CCCC2)c1. The molecule has 1 N–H and O–H groups in total. The highest BCUT2D eigenvalue weighted by atomic mass is 16.5. The summed E-state index contributed by atoms with van der Waals surface area (Å²) in [6.45, 7) is 3.40. The number of carbonyl (C=O) groups excluding carboxylic acids is 1. The summed E-state index contributed by atoms with van der Waals surface area (Å²) in [7, 11) is 1.64. The number of amides is 1. The highest BCUT2D eigenvalue weighted by molar-refractivity contribution is 5.98. The van der Waals surface area contributed by atoms with Crippen molar-refractivity contribution in [1.29, 1.82) is 0 Å². The Morgan fingerprint density at radius 3 is 2.85 bits per heavy atom. The maximum absolute atomic E-state index is 12.7. The van der Waals surface area contributed by atoms with Crippen molar-refractivity contribution >= 4 is 11.7 Å². The van der Waals surface area contributed by atoms with Crippen LogP contribution in [0.1, 0.15) is 28.8 Å². The van der Waals surface area contributed by atoms with Gasteiger partial charge in [0, 0.05) is 32.9 Å². The van der Waals surface area contributed by atoms with E-state index in [0.717, 1.165) is 43.1 Å². The molecule has 0 bridgehead atoms. The lowest BCUT2D eigenvalue weighted by molar-refractivity contribution is 0.0951. The first kappa shape index (κ1) is 18.2. The lowest BCUT2D eigenvalue weighted by Gasteiger charge is -2.19. The second-order valence-electron chi connectivity index (χ2n) is 6.24. The molecule has 0 saturated carbocycles. The van der Waals surface area contributed by atoms with Crippen molar-refractivity contribution in [3.05, 3.63) is 53.7 Å². The number of anilines is 1. The molecule has 0 radical (unpaired) electrons. The van der Waals surface area contributed by atoms with Gasteiger partial charge in [-0.05, 0) is 42.7 Å². The molecule has 0 atom stereocenters. The molecule has 1 aliphatic rings. The summed E-state index contributed by atoms with van der Waals surface area (Å²) in [5, 5.41) is 2.99. The Morgan fingerprint density at radius 2 is 2.04 bits per heavy atom. The molecule has 2 heterocycles. The number of pyridine rings is 1. The van der Waals surface area contributed by atoms with E-state index in [1.807, 2.05) is 30.3 Å². The van der Waals surface area contributed by atoms with Gasteiger partial charge in [-0.2, -0.15) is 0 Å². The van der Waals surface area contributed by atoms with Crippen LogP contribution in [-0.2, 0) is 11.3 Å². The van der Waals surface area contributed by atoms with E-state index in [0.29, 0.717) is 25.3 Å². The van der Waals surface area contributed by atoms with Gasteiger partial charge in [-0.1, -0.05) is 12.1 Å². The minimum atomic E-state index is -0.106. The summed E-state index contributed by atoms with van der Waals surface area (Å²) in [4.78, 5) is 19.3. The van der Waals surface area contributed by atoms with Crippen molar-refractivity contribution in [2.75, 3.05) is 38.3 Å². The van der Waals surface area contributed by atoms with Crippen LogP contribution in [-0.4, -0.2) is 44.3 Å². The van der Waals surface area contributed by atoms with E-state index >= 15 is 0 Å². The normalized spacial score (nSPS) is 13.7. The third-order valence-electron chi connectivity index (χ3n) is 4.34. The van der Waals surface area contributed by atoms with E-state index in [9.17, 15) is 4.79 Å². The van der Waals surface area contributed by atoms with Gasteiger partial charge in [0.1, 0.15) is 18.2 Å². The monoisotopic (exact) mass is 355 g/mol. The van der Waals surface area contributed by atoms with Gasteiger partial charge in [-0.15, -0.1) is 0 Å². The van der Waals surface area contributed by atoms with Gasteiger partial charge in [-0.25, -0.2) is 4.98 Å². The summed E-state index contributed by atoms with van der Waals surface area (Å²) < 4.78 is 10.6. The number of rotatable bonds is 8. The lowest BCUT2D eigenvalue weighted by atomic mass is 10.2. The zero-order valence-electron chi connectivity index (χ0n) is 15.1. The number of ether oxygens (including phenoxy) is 2. The molecule has 1 amide bonds. The average Bonchev–Trinajstić information content (AvgIpc) is 3.21. The number of hydrogen-bond donors (Lipinski definition) is 1. The number of benzene rings is 1. The molecule has 1 aromatic carbocycles. The Balaban J connectivity index is 1.62. The third kappa shape index (κ3) is 4.73. The molecule has 0 spiro atoms. The van der Waals surface area contributed by atoms with Crippen LogP contribution in [0.5, 0.6) is 5.75 Å². The molecule has 138 valence electrons. The summed E-state index contributed by atoms with van der Waals surface area (Å²) >= 11 is 0. The van der Waals surface area contributed by atoms with Crippen molar-refractivity contribution in [2.45, 2.75) is 19.4 Å². The van der Waals surface area contributed by atoms with E-state index in [-0.39, 0.29) is 5.91 Å². The molecule has 1 fully saturated rings. The topological polar surface area (TPSA) is 63.7 Å². The van der Waals surface area contributed by atoms with Crippen molar-refractivity contribution in [3.63, 3.8) is 0 Å². The number of hydrogen-bond acceptors (Lipinski definition) is 5. The Bertz CT molecular complexity index is 730. The number of nitrogens with one attached hydrogen (secondary N) is 1.